The van der Waals surface area contributed by atoms with E-state index in [1.54, 1.807) is 0 Å². The molecule has 0 aromatic carbocycles. The van der Waals surface area contributed by atoms with Gasteiger partial charge in [0.05, 0.1) is 5.69 Å². The van der Waals surface area contributed by atoms with Crippen LogP contribution in [0.2, 0.25) is 0 Å². The molecule has 1 heterocycles. The summed E-state index contributed by atoms with van der Waals surface area (Å²) in [6.07, 6.45) is 15.0. The van der Waals surface area contributed by atoms with Gasteiger partial charge in [0.15, 0.2) is 0 Å². The summed E-state index contributed by atoms with van der Waals surface area (Å²) in [5, 5.41) is 8.44. The SMILES string of the molecule is CCCCCCCc1cn(CCCCCC)nn1. The fourth-order valence-corrected chi connectivity index (χ4v) is 2.17. The van der Waals surface area contributed by atoms with Crippen molar-refractivity contribution in [3.8, 4) is 0 Å². The molecule has 1 aromatic heterocycles. The molecule has 18 heavy (non-hydrogen) atoms. The monoisotopic (exact) mass is 251 g/mol. The maximum absolute atomic E-state index is 4.25. The van der Waals surface area contributed by atoms with Crippen LogP contribution in [0, 0.1) is 0 Å². The van der Waals surface area contributed by atoms with Crippen molar-refractivity contribution in [2.45, 2.75) is 84.6 Å². The topological polar surface area (TPSA) is 30.7 Å². The van der Waals surface area contributed by atoms with E-state index < -0.39 is 0 Å². The van der Waals surface area contributed by atoms with Gasteiger partial charge in [0.1, 0.15) is 0 Å². The fourth-order valence-electron chi connectivity index (χ4n) is 2.17. The first-order chi connectivity index (χ1) is 8.86. The molecule has 0 N–H and O–H groups in total. The Bertz CT molecular complexity index is 294. The van der Waals surface area contributed by atoms with E-state index in [1.807, 2.05) is 4.68 Å². The van der Waals surface area contributed by atoms with Crippen LogP contribution in [0.5, 0.6) is 0 Å². The summed E-state index contributed by atoms with van der Waals surface area (Å²) >= 11 is 0. The van der Waals surface area contributed by atoms with Crippen molar-refractivity contribution >= 4 is 0 Å². The van der Waals surface area contributed by atoms with Gasteiger partial charge in [0.2, 0.25) is 0 Å². The molecule has 1 rings (SSSR count). The van der Waals surface area contributed by atoms with E-state index in [9.17, 15) is 0 Å². The molecule has 3 heteroatoms. The van der Waals surface area contributed by atoms with Gasteiger partial charge in [-0.3, -0.25) is 4.68 Å². The maximum atomic E-state index is 4.25. The zero-order valence-electron chi connectivity index (χ0n) is 12.2. The largest absolute Gasteiger partial charge is 0.252 e. The summed E-state index contributed by atoms with van der Waals surface area (Å²) in [5.41, 5.74) is 1.17. The molecule has 0 unspecified atom stereocenters. The molecule has 0 saturated carbocycles. The Hall–Kier alpha value is -0.860. The Morgan fingerprint density at radius 2 is 1.56 bits per heavy atom. The second-order valence-electron chi connectivity index (χ2n) is 5.20. The van der Waals surface area contributed by atoms with Crippen LogP contribution in [-0.4, -0.2) is 15.0 Å². The molecule has 0 amide bonds. The van der Waals surface area contributed by atoms with E-state index in [0.29, 0.717) is 0 Å². The van der Waals surface area contributed by atoms with Crippen molar-refractivity contribution in [3.05, 3.63) is 11.9 Å². The van der Waals surface area contributed by atoms with E-state index in [0.717, 1.165) is 13.0 Å². The fraction of sp³-hybridized carbons (Fsp3) is 0.867. The number of hydrogen-bond acceptors (Lipinski definition) is 2. The van der Waals surface area contributed by atoms with E-state index in [1.165, 1.54) is 63.5 Å². The first-order valence-electron chi connectivity index (χ1n) is 7.75. The summed E-state index contributed by atoms with van der Waals surface area (Å²) in [6, 6.07) is 0. The highest BCUT2D eigenvalue weighted by atomic mass is 15.4. The van der Waals surface area contributed by atoms with Crippen LogP contribution in [-0.2, 0) is 13.0 Å². The zero-order valence-corrected chi connectivity index (χ0v) is 12.2. The second-order valence-corrected chi connectivity index (χ2v) is 5.20. The minimum Gasteiger partial charge on any atom is -0.252 e. The predicted octanol–water partition coefficient (Wildman–Crippen LogP) is 4.37. The van der Waals surface area contributed by atoms with E-state index in [-0.39, 0.29) is 0 Å². The Labute approximate surface area is 112 Å². The Morgan fingerprint density at radius 3 is 2.28 bits per heavy atom. The van der Waals surface area contributed by atoms with Crippen LogP contribution in [0.1, 0.15) is 77.3 Å². The molecule has 0 aliphatic carbocycles. The van der Waals surface area contributed by atoms with Crippen molar-refractivity contribution < 1.29 is 0 Å². The second kappa shape index (κ2) is 10.1. The maximum Gasteiger partial charge on any atom is 0.0827 e. The van der Waals surface area contributed by atoms with Gasteiger partial charge in [-0.2, -0.15) is 0 Å². The smallest absolute Gasteiger partial charge is 0.0827 e. The molecule has 0 aliphatic heterocycles. The third-order valence-corrected chi connectivity index (χ3v) is 3.36. The minimum atomic E-state index is 1.03. The first-order valence-corrected chi connectivity index (χ1v) is 7.75. The summed E-state index contributed by atoms with van der Waals surface area (Å²) in [5.74, 6) is 0. The molecule has 0 aliphatic rings. The van der Waals surface area contributed by atoms with E-state index in [4.69, 9.17) is 0 Å². The average molecular weight is 251 g/mol. The van der Waals surface area contributed by atoms with Crippen LogP contribution in [0.4, 0.5) is 0 Å². The van der Waals surface area contributed by atoms with Gasteiger partial charge in [-0.1, -0.05) is 64.0 Å². The first kappa shape index (κ1) is 15.2. The number of nitrogens with zero attached hydrogens (tertiary/aromatic N) is 3. The minimum absolute atomic E-state index is 1.03. The molecular weight excluding hydrogens is 222 g/mol. The van der Waals surface area contributed by atoms with Crippen LogP contribution < -0.4 is 0 Å². The lowest BCUT2D eigenvalue weighted by atomic mass is 10.1. The number of rotatable bonds is 11. The van der Waals surface area contributed by atoms with Crippen LogP contribution in [0.25, 0.3) is 0 Å². The third kappa shape index (κ3) is 6.77. The number of aromatic nitrogens is 3. The Morgan fingerprint density at radius 1 is 0.889 bits per heavy atom. The molecule has 104 valence electrons. The van der Waals surface area contributed by atoms with Crippen LogP contribution in [0.3, 0.4) is 0 Å². The van der Waals surface area contributed by atoms with Gasteiger partial charge in [-0.25, -0.2) is 0 Å². The summed E-state index contributed by atoms with van der Waals surface area (Å²) in [4.78, 5) is 0. The summed E-state index contributed by atoms with van der Waals surface area (Å²) in [6.45, 7) is 5.53. The molecular formula is C15H29N3. The zero-order chi connectivity index (χ0) is 13.1. The standard InChI is InChI=1S/C15H29N3/c1-3-5-7-9-10-12-15-14-18(17-16-15)13-11-8-6-4-2/h14H,3-13H2,1-2H3. The van der Waals surface area contributed by atoms with Gasteiger partial charge >= 0.3 is 0 Å². The average Bonchev–Trinajstić information content (AvgIpc) is 2.82. The number of hydrogen-bond donors (Lipinski definition) is 0. The van der Waals surface area contributed by atoms with Gasteiger partial charge in [-0.15, -0.1) is 5.10 Å². The highest BCUT2D eigenvalue weighted by Crippen LogP contribution is 2.07. The lowest BCUT2D eigenvalue weighted by molar-refractivity contribution is 0.527. The highest BCUT2D eigenvalue weighted by molar-refractivity contribution is 4.92. The van der Waals surface area contributed by atoms with Gasteiger partial charge in [-0.05, 0) is 19.3 Å². The molecule has 0 atom stereocenters. The van der Waals surface area contributed by atoms with Gasteiger partial charge in [0.25, 0.3) is 0 Å². The van der Waals surface area contributed by atoms with Crippen molar-refractivity contribution in [1.82, 2.24) is 15.0 Å². The highest BCUT2D eigenvalue weighted by Gasteiger charge is 2.00. The van der Waals surface area contributed by atoms with Gasteiger partial charge < -0.3 is 0 Å². The van der Waals surface area contributed by atoms with Crippen molar-refractivity contribution in [1.29, 1.82) is 0 Å². The molecule has 1 aromatic rings. The van der Waals surface area contributed by atoms with Crippen molar-refractivity contribution in [2.24, 2.45) is 0 Å². The summed E-state index contributed by atoms with van der Waals surface area (Å²) < 4.78 is 2.01. The van der Waals surface area contributed by atoms with Crippen LogP contribution >= 0.6 is 0 Å². The molecule has 0 spiro atoms. The van der Waals surface area contributed by atoms with Gasteiger partial charge in [0, 0.05) is 12.7 Å². The quantitative estimate of drug-likeness (QED) is 0.547. The Balaban J connectivity index is 2.10. The molecule has 0 saturated heterocycles. The molecule has 0 radical (unpaired) electrons. The lowest BCUT2D eigenvalue weighted by Gasteiger charge is -1.99. The number of aryl methyl sites for hydroxylation is 2. The molecule has 3 nitrogen and oxygen atoms in total. The number of unbranched alkanes of at least 4 members (excludes halogenated alkanes) is 7. The normalized spacial score (nSPS) is 11.0. The molecule has 0 fully saturated rings. The molecule has 0 bridgehead atoms. The van der Waals surface area contributed by atoms with E-state index in [2.05, 4.69) is 30.4 Å². The van der Waals surface area contributed by atoms with Crippen LogP contribution in [0.15, 0.2) is 6.20 Å². The van der Waals surface area contributed by atoms with Crippen molar-refractivity contribution in [2.75, 3.05) is 0 Å². The lowest BCUT2D eigenvalue weighted by Crippen LogP contribution is -1.98. The van der Waals surface area contributed by atoms with Crippen molar-refractivity contribution in [3.63, 3.8) is 0 Å². The Kier molecular flexibility index (Phi) is 8.53. The summed E-state index contributed by atoms with van der Waals surface area (Å²) in [7, 11) is 0. The predicted molar refractivity (Wildman–Crippen MR) is 76.6 cm³/mol. The van der Waals surface area contributed by atoms with E-state index >= 15 is 0 Å². The third-order valence-electron chi connectivity index (χ3n) is 3.36.